The Balaban J connectivity index is 3.55. The van der Waals surface area contributed by atoms with E-state index >= 15 is 0 Å². The minimum atomic E-state index is -1.08. The molecule has 0 radical (unpaired) electrons. The number of hydrogen-bond donors (Lipinski definition) is 1. The summed E-state index contributed by atoms with van der Waals surface area (Å²) in [4.78, 5) is 31.8. The van der Waals surface area contributed by atoms with Crippen molar-refractivity contribution >= 4 is 17.9 Å². The fourth-order valence-corrected chi connectivity index (χ4v) is 0.601. The molecule has 0 saturated heterocycles. The van der Waals surface area contributed by atoms with Crippen LogP contribution in [-0.2, 0) is 23.9 Å². The quantitative estimate of drug-likeness (QED) is 0.517. The molecular formula is C9H14O6. The number of hydrogen-bond acceptors (Lipinski definition) is 5. The van der Waals surface area contributed by atoms with Crippen molar-refractivity contribution in [1.82, 2.24) is 0 Å². The molecule has 86 valence electrons. The van der Waals surface area contributed by atoms with Gasteiger partial charge in [-0.25, -0.2) is 0 Å². The van der Waals surface area contributed by atoms with Gasteiger partial charge >= 0.3 is 17.9 Å². The van der Waals surface area contributed by atoms with Crippen molar-refractivity contribution in [2.45, 2.75) is 26.7 Å². The smallest absolute Gasteiger partial charge is 0.311 e. The van der Waals surface area contributed by atoms with Gasteiger partial charge in [0.05, 0.1) is 18.8 Å². The lowest BCUT2D eigenvalue weighted by atomic mass is 10.2. The Morgan fingerprint density at radius 3 is 2.20 bits per heavy atom. The Hall–Kier alpha value is -1.59. The Morgan fingerprint density at radius 1 is 1.13 bits per heavy atom. The SMILES string of the molecule is CC(C)C(=O)OCOC(=O)CCC(=O)O. The van der Waals surface area contributed by atoms with Gasteiger partial charge in [-0.1, -0.05) is 13.8 Å². The molecular weight excluding hydrogens is 204 g/mol. The monoisotopic (exact) mass is 218 g/mol. The van der Waals surface area contributed by atoms with Gasteiger partial charge in [0.2, 0.25) is 6.79 Å². The highest BCUT2D eigenvalue weighted by atomic mass is 16.7. The van der Waals surface area contributed by atoms with E-state index in [0.717, 1.165) is 0 Å². The summed E-state index contributed by atoms with van der Waals surface area (Å²) in [6, 6.07) is 0. The van der Waals surface area contributed by atoms with Crippen LogP contribution in [0.2, 0.25) is 0 Å². The predicted molar refractivity (Wildman–Crippen MR) is 48.8 cm³/mol. The van der Waals surface area contributed by atoms with E-state index in [1.807, 2.05) is 0 Å². The van der Waals surface area contributed by atoms with Crippen molar-refractivity contribution in [2.24, 2.45) is 5.92 Å². The average molecular weight is 218 g/mol. The third kappa shape index (κ3) is 7.48. The summed E-state index contributed by atoms with van der Waals surface area (Å²) in [5.41, 5.74) is 0. The molecule has 0 fully saturated rings. The minimum Gasteiger partial charge on any atom is -0.481 e. The molecule has 0 aliphatic heterocycles. The number of ether oxygens (including phenoxy) is 2. The molecule has 0 rings (SSSR count). The highest BCUT2D eigenvalue weighted by molar-refractivity contribution is 5.76. The molecule has 0 aromatic heterocycles. The second-order valence-electron chi connectivity index (χ2n) is 3.15. The number of aliphatic carboxylic acids is 1. The predicted octanol–water partition coefficient (Wildman–Crippen LogP) is 0.551. The molecule has 0 spiro atoms. The summed E-state index contributed by atoms with van der Waals surface area (Å²) in [6.45, 7) is 2.83. The minimum absolute atomic E-state index is 0.228. The van der Waals surface area contributed by atoms with Crippen LogP contribution in [0.3, 0.4) is 0 Å². The van der Waals surface area contributed by atoms with Gasteiger partial charge in [-0.3, -0.25) is 14.4 Å². The summed E-state index contributed by atoms with van der Waals surface area (Å²) in [5, 5.41) is 8.26. The zero-order valence-corrected chi connectivity index (χ0v) is 8.69. The lowest BCUT2D eigenvalue weighted by Gasteiger charge is -2.07. The van der Waals surface area contributed by atoms with E-state index in [2.05, 4.69) is 9.47 Å². The first-order chi connectivity index (χ1) is 6.93. The van der Waals surface area contributed by atoms with Crippen molar-refractivity contribution in [3.63, 3.8) is 0 Å². The molecule has 1 N–H and O–H groups in total. The topological polar surface area (TPSA) is 89.9 Å². The molecule has 0 atom stereocenters. The number of rotatable bonds is 6. The fraction of sp³-hybridized carbons (Fsp3) is 0.667. The van der Waals surface area contributed by atoms with E-state index < -0.39 is 24.7 Å². The summed E-state index contributed by atoms with van der Waals surface area (Å²) in [5.74, 6) is -2.54. The average Bonchev–Trinajstić information content (AvgIpc) is 2.14. The largest absolute Gasteiger partial charge is 0.481 e. The summed E-state index contributed by atoms with van der Waals surface area (Å²) in [6.07, 6.45) is -0.522. The zero-order chi connectivity index (χ0) is 11.8. The van der Waals surface area contributed by atoms with Crippen molar-refractivity contribution in [1.29, 1.82) is 0 Å². The van der Waals surface area contributed by atoms with Gasteiger partial charge in [0.1, 0.15) is 0 Å². The van der Waals surface area contributed by atoms with Crippen LogP contribution in [0.15, 0.2) is 0 Å². The van der Waals surface area contributed by atoms with E-state index in [9.17, 15) is 14.4 Å². The van der Waals surface area contributed by atoms with Crippen LogP contribution in [0.1, 0.15) is 26.7 Å². The van der Waals surface area contributed by atoms with Crippen molar-refractivity contribution in [3.05, 3.63) is 0 Å². The van der Waals surface area contributed by atoms with Gasteiger partial charge < -0.3 is 14.6 Å². The number of carbonyl (C=O) groups is 3. The molecule has 15 heavy (non-hydrogen) atoms. The third-order valence-corrected chi connectivity index (χ3v) is 1.44. The standard InChI is InChI=1S/C9H14O6/c1-6(2)9(13)15-5-14-8(12)4-3-7(10)11/h6H,3-5H2,1-2H3,(H,10,11). The Labute approximate surface area is 87.2 Å². The lowest BCUT2D eigenvalue weighted by molar-refractivity contribution is -0.170. The normalized spacial score (nSPS) is 9.80. The van der Waals surface area contributed by atoms with Crippen LogP contribution in [-0.4, -0.2) is 29.8 Å². The highest BCUT2D eigenvalue weighted by Crippen LogP contribution is 1.97. The zero-order valence-electron chi connectivity index (χ0n) is 8.69. The first-order valence-corrected chi connectivity index (χ1v) is 4.47. The Bertz CT molecular complexity index is 245. The van der Waals surface area contributed by atoms with Crippen LogP contribution in [0.25, 0.3) is 0 Å². The van der Waals surface area contributed by atoms with Gasteiger partial charge in [-0.2, -0.15) is 0 Å². The molecule has 0 amide bonds. The van der Waals surface area contributed by atoms with E-state index in [0.29, 0.717) is 0 Å². The molecule has 0 aliphatic carbocycles. The molecule has 0 bridgehead atoms. The third-order valence-electron chi connectivity index (χ3n) is 1.44. The van der Waals surface area contributed by atoms with Crippen molar-refractivity contribution in [2.75, 3.05) is 6.79 Å². The molecule has 6 nitrogen and oxygen atoms in total. The molecule has 6 heteroatoms. The van der Waals surface area contributed by atoms with Gasteiger partial charge in [-0.05, 0) is 0 Å². The molecule has 0 aromatic carbocycles. The molecule has 0 saturated carbocycles. The molecule has 0 aromatic rings. The van der Waals surface area contributed by atoms with Crippen LogP contribution in [0.4, 0.5) is 0 Å². The first-order valence-electron chi connectivity index (χ1n) is 4.47. The van der Waals surface area contributed by atoms with E-state index in [1.165, 1.54) is 0 Å². The number of esters is 2. The maximum Gasteiger partial charge on any atom is 0.311 e. The first kappa shape index (κ1) is 13.4. The number of carboxylic acid groups (broad SMARTS) is 1. The summed E-state index contributed by atoms with van der Waals surface area (Å²) >= 11 is 0. The maximum atomic E-state index is 10.9. The molecule has 0 heterocycles. The lowest BCUT2D eigenvalue weighted by Crippen LogP contribution is -2.16. The van der Waals surface area contributed by atoms with Crippen LogP contribution in [0, 0.1) is 5.92 Å². The van der Waals surface area contributed by atoms with Crippen LogP contribution in [0.5, 0.6) is 0 Å². The summed E-state index contributed by atoms with van der Waals surface area (Å²) in [7, 11) is 0. The molecule has 0 unspecified atom stereocenters. The van der Waals surface area contributed by atoms with Gasteiger partial charge in [0, 0.05) is 0 Å². The van der Waals surface area contributed by atoms with Gasteiger partial charge in [-0.15, -0.1) is 0 Å². The van der Waals surface area contributed by atoms with Crippen molar-refractivity contribution in [3.8, 4) is 0 Å². The van der Waals surface area contributed by atoms with Gasteiger partial charge in [0.15, 0.2) is 0 Å². The Kier molecular flexibility index (Phi) is 6.08. The fourth-order valence-electron chi connectivity index (χ4n) is 0.601. The second kappa shape index (κ2) is 6.80. The van der Waals surface area contributed by atoms with E-state index in [-0.39, 0.29) is 18.8 Å². The second-order valence-corrected chi connectivity index (χ2v) is 3.15. The van der Waals surface area contributed by atoms with E-state index in [1.54, 1.807) is 13.8 Å². The van der Waals surface area contributed by atoms with Crippen LogP contribution < -0.4 is 0 Å². The van der Waals surface area contributed by atoms with Crippen molar-refractivity contribution < 1.29 is 29.0 Å². The van der Waals surface area contributed by atoms with E-state index in [4.69, 9.17) is 5.11 Å². The number of carboxylic acids is 1. The number of carbonyl (C=O) groups excluding carboxylic acids is 2. The van der Waals surface area contributed by atoms with Crippen LogP contribution >= 0.6 is 0 Å². The van der Waals surface area contributed by atoms with Gasteiger partial charge in [0.25, 0.3) is 0 Å². The molecule has 0 aliphatic rings. The maximum absolute atomic E-state index is 10.9. The highest BCUT2D eigenvalue weighted by Gasteiger charge is 2.10. The summed E-state index contributed by atoms with van der Waals surface area (Å²) < 4.78 is 9.02. The Morgan fingerprint density at radius 2 is 1.73 bits per heavy atom.